The lowest BCUT2D eigenvalue weighted by Gasteiger charge is -2.30. The van der Waals surface area contributed by atoms with E-state index in [9.17, 15) is 4.79 Å². The molecular formula is C16H19ClN2O2S. The largest absolute Gasteiger partial charge is 0.462 e. The molecule has 4 nitrogen and oxygen atoms in total. The number of esters is 1. The van der Waals surface area contributed by atoms with Gasteiger partial charge in [0.2, 0.25) is 0 Å². The molecule has 1 aromatic carbocycles. The van der Waals surface area contributed by atoms with E-state index in [2.05, 4.69) is 10.6 Å². The quantitative estimate of drug-likeness (QED) is 0.651. The first-order valence-corrected chi connectivity index (χ1v) is 7.88. The summed E-state index contributed by atoms with van der Waals surface area (Å²) in [5.41, 5.74) is 2.09. The summed E-state index contributed by atoms with van der Waals surface area (Å²) < 4.78 is 5.38. The molecule has 0 fully saturated rings. The summed E-state index contributed by atoms with van der Waals surface area (Å²) in [4.78, 5) is 12.5. The van der Waals surface area contributed by atoms with Crippen LogP contribution < -0.4 is 10.6 Å². The Balaban J connectivity index is 2.34. The zero-order valence-corrected chi connectivity index (χ0v) is 14.3. The fraction of sp³-hybridized carbons (Fsp3) is 0.375. The van der Waals surface area contributed by atoms with Crippen LogP contribution in [0.25, 0.3) is 0 Å². The average Bonchev–Trinajstić information content (AvgIpc) is 2.44. The van der Waals surface area contributed by atoms with Crippen LogP contribution in [-0.2, 0) is 9.53 Å². The minimum atomic E-state index is -0.368. The third kappa shape index (κ3) is 3.99. The third-order valence-electron chi connectivity index (χ3n) is 3.22. The van der Waals surface area contributed by atoms with Crippen molar-refractivity contribution in [2.45, 2.75) is 26.8 Å². The maximum absolute atomic E-state index is 12.5. The molecule has 0 saturated heterocycles. The summed E-state index contributed by atoms with van der Waals surface area (Å²) in [5.74, 6) is -0.0706. The van der Waals surface area contributed by atoms with Gasteiger partial charge in [-0.3, -0.25) is 0 Å². The summed E-state index contributed by atoms with van der Waals surface area (Å²) in [5, 5.41) is 7.17. The lowest BCUT2D eigenvalue weighted by Crippen LogP contribution is -2.45. The number of ether oxygens (including phenoxy) is 1. The minimum Gasteiger partial charge on any atom is -0.462 e. The Labute approximate surface area is 140 Å². The molecule has 118 valence electrons. The zero-order chi connectivity index (χ0) is 16.3. The van der Waals surface area contributed by atoms with Crippen LogP contribution in [0.3, 0.4) is 0 Å². The second kappa shape index (κ2) is 7.11. The Bertz CT molecular complexity index is 628. The van der Waals surface area contributed by atoms with Gasteiger partial charge in [-0.05, 0) is 42.8 Å². The first-order chi connectivity index (χ1) is 10.4. The number of hydrogen-bond donors (Lipinski definition) is 2. The van der Waals surface area contributed by atoms with E-state index in [1.54, 1.807) is 6.07 Å². The number of benzene rings is 1. The van der Waals surface area contributed by atoms with Crippen LogP contribution in [0.2, 0.25) is 5.02 Å². The summed E-state index contributed by atoms with van der Waals surface area (Å²) in [7, 11) is 0. The molecule has 6 heteroatoms. The Kier molecular flexibility index (Phi) is 5.42. The Morgan fingerprint density at radius 1 is 1.45 bits per heavy atom. The minimum absolute atomic E-state index is 0.278. The van der Waals surface area contributed by atoms with Gasteiger partial charge in [-0.2, -0.15) is 0 Å². The highest BCUT2D eigenvalue weighted by atomic mass is 35.5. The number of hydrogen-bond acceptors (Lipinski definition) is 3. The Morgan fingerprint density at radius 2 is 2.18 bits per heavy atom. The topological polar surface area (TPSA) is 50.4 Å². The van der Waals surface area contributed by atoms with Crippen molar-refractivity contribution in [3.05, 3.63) is 46.1 Å². The maximum atomic E-state index is 12.5. The highest BCUT2D eigenvalue weighted by Gasteiger charge is 2.31. The molecule has 0 aliphatic carbocycles. The fourth-order valence-electron chi connectivity index (χ4n) is 2.22. The zero-order valence-electron chi connectivity index (χ0n) is 12.8. The molecule has 0 unspecified atom stereocenters. The van der Waals surface area contributed by atoms with Crippen molar-refractivity contribution in [1.82, 2.24) is 10.6 Å². The molecule has 0 bridgehead atoms. The van der Waals surface area contributed by atoms with Crippen LogP contribution in [0.15, 0.2) is 35.5 Å². The first kappa shape index (κ1) is 16.8. The van der Waals surface area contributed by atoms with Crippen molar-refractivity contribution >= 4 is 34.9 Å². The van der Waals surface area contributed by atoms with Gasteiger partial charge in [-0.15, -0.1) is 0 Å². The number of carbonyl (C=O) groups excluding carboxylic acids is 1. The van der Waals surface area contributed by atoms with Crippen LogP contribution in [-0.4, -0.2) is 17.7 Å². The van der Waals surface area contributed by atoms with E-state index in [0.29, 0.717) is 28.0 Å². The molecule has 1 heterocycles. The Morgan fingerprint density at radius 3 is 2.82 bits per heavy atom. The van der Waals surface area contributed by atoms with E-state index >= 15 is 0 Å². The molecule has 2 rings (SSSR count). The van der Waals surface area contributed by atoms with Crippen molar-refractivity contribution in [3.63, 3.8) is 0 Å². The summed E-state index contributed by atoms with van der Waals surface area (Å²) >= 11 is 11.3. The SMILES string of the molecule is CC1=C(C(=O)OCC(C)C)[C@@H](c2cccc(Cl)c2)NC(=S)N1. The van der Waals surface area contributed by atoms with Crippen molar-refractivity contribution in [2.24, 2.45) is 5.92 Å². The number of allylic oxidation sites excluding steroid dienone is 1. The fourth-order valence-corrected chi connectivity index (χ4v) is 2.69. The van der Waals surface area contributed by atoms with E-state index in [1.165, 1.54) is 0 Å². The lowest BCUT2D eigenvalue weighted by molar-refractivity contribution is -0.140. The molecule has 0 radical (unpaired) electrons. The molecule has 0 aromatic heterocycles. The molecule has 1 aliphatic heterocycles. The summed E-state index contributed by atoms with van der Waals surface area (Å²) in [6, 6.07) is 6.98. The standard InChI is InChI=1S/C16H19ClN2O2S/c1-9(2)8-21-15(20)13-10(3)18-16(22)19-14(13)11-5-4-6-12(17)7-11/h4-7,9,14H,8H2,1-3H3,(H2,18,19,22)/t14-/m1/s1. The number of halogens is 1. The monoisotopic (exact) mass is 338 g/mol. The van der Waals surface area contributed by atoms with Crippen LogP contribution >= 0.6 is 23.8 Å². The molecule has 1 aromatic rings. The van der Waals surface area contributed by atoms with Crippen LogP contribution in [0.4, 0.5) is 0 Å². The molecule has 22 heavy (non-hydrogen) atoms. The van der Waals surface area contributed by atoms with Crippen molar-refractivity contribution in [1.29, 1.82) is 0 Å². The predicted octanol–water partition coefficient (Wildman–Crippen LogP) is 3.33. The van der Waals surface area contributed by atoms with E-state index < -0.39 is 0 Å². The van der Waals surface area contributed by atoms with Gasteiger partial charge in [-0.25, -0.2) is 4.79 Å². The lowest BCUT2D eigenvalue weighted by atomic mass is 9.96. The number of carbonyl (C=O) groups is 1. The van der Waals surface area contributed by atoms with Gasteiger partial charge in [0.05, 0.1) is 18.2 Å². The number of rotatable bonds is 4. The molecule has 2 N–H and O–H groups in total. The number of nitrogens with one attached hydrogen (secondary N) is 2. The third-order valence-corrected chi connectivity index (χ3v) is 3.67. The van der Waals surface area contributed by atoms with Gasteiger partial charge in [-0.1, -0.05) is 37.6 Å². The van der Waals surface area contributed by atoms with E-state index in [4.69, 9.17) is 28.6 Å². The van der Waals surface area contributed by atoms with E-state index in [0.717, 1.165) is 5.56 Å². The number of thiocarbonyl (C=S) groups is 1. The van der Waals surface area contributed by atoms with E-state index in [-0.39, 0.29) is 17.9 Å². The first-order valence-electron chi connectivity index (χ1n) is 7.09. The highest BCUT2D eigenvalue weighted by Crippen LogP contribution is 2.29. The van der Waals surface area contributed by atoms with Gasteiger partial charge in [0.1, 0.15) is 0 Å². The molecular weight excluding hydrogens is 320 g/mol. The molecule has 0 amide bonds. The average molecular weight is 339 g/mol. The van der Waals surface area contributed by atoms with Crippen molar-refractivity contribution in [2.75, 3.05) is 6.61 Å². The van der Waals surface area contributed by atoms with Crippen LogP contribution in [0.1, 0.15) is 32.4 Å². The highest BCUT2D eigenvalue weighted by molar-refractivity contribution is 7.80. The van der Waals surface area contributed by atoms with Crippen LogP contribution in [0, 0.1) is 5.92 Å². The van der Waals surface area contributed by atoms with Crippen molar-refractivity contribution in [3.8, 4) is 0 Å². The predicted molar refractivity (Wildman–Crippen MR) is 91.6 cm³/mol. The van der Waals surface area contributed by atoms with E-state index in [1.807, 2.05) is 39.0 Å². The Hall–Kier alpha value is -1.59. The molecule has 1 atom stereocenters. The maximum Gasteiger partial charge on any atom is 0.338 e. The van der Waals surface area contributed by atoms with Crippen LogP contribution in [0.5, 0.6) is 0 Å². The molecule has 0 saturated carbocycles. The smallest absolute Gasteiger partial charge is 0.338 e. The van der Waals surface area contributed by atoms with Gasteiger partial charge >= 0.3 is 5.97 Å². The summed E-state index contributed by atoms with van der Waals surface area (Å²) in [6.45, 7) is 6.18. The van der Waals surface area contributed by atoms with Gasteiger partial charge in [0.15, 0.2) is 5.11 Å². The normalized spacial score (nSPS) is 18.0. The second-order valence-electron chi connectivity index (χ2n) is 5.62. The van der Waals surface area contributed by atoms with Crippen molar-refractivity contribution < 1.29 is 9.53 Å². The summed E-state index contributed by atoms with van der Waals surface area (Å²) in [6.07, 6.45) is 0. The van der Waals surface area contributed by atoms with Gasteiger partial charge < -0.3 is 15.4 Å². The van der Waals surface area contributed by atoms with Gasteiger partial charge in [0, 0.05) is 10.7 Å². The van der Waals surface area contributed by atoms with Gasteiger partial charge in [0.25, 0.3) is 0 Å². The molecule has 1 aliphatic rings. The molecule has 0 spiro atoms. The second-order valence-corrected chi connectivity index (χ2v) is 6.46.